The molecule has 0 heterocycles. The van der Waals surface area contributed by atoms with E-state index in [4.69, 9.17) is 10.5 Å². The van der Waals surface area contributed by atoms with Crippen molar-refractivity contribution in [3.8, 4) is 5.75 Å². The molecule has 0 saturated carbocycles. The summed E-state index contributed by atoms with van der Waals surface area (Å²) in [6, 6.07) is 3.29. The average molecular weight is 364 g/mol. The molecule has 1 rings (SSSR count). The van der Waals surface area contributed by atoms with E-state index in [1.807, 2.05) is 0 Å². The number of ether oxygens (including phenoxy) is 2. The highest BCUT2D eigenvalue weighted by atomic mass is 16.6. The molecule has 3 N–H and O–H groups in total. The Labute approximate surface area is 152 Å². The zero-order valence-electron chi connectivity index (χ0n) is 15.3. The number of hydrogen-bond acceptors (Lipinski definition) is 7. The van der Waals surface area contributed by atoms with Crippen LogP contribution in [-0.4, -0.2) is 47.9 Å². The lowest BCUT2D eigenvalue weighted by atomic mass is 10.1. The second kappa shape index (κ2) is 8.98. The Morgan fingerprint density at radius 2 is 1.96 bits per heavy atom. The lowest BCUT2D eigenvalue weighted by molar-refractivity contribution is -0.155. The zero-order chi connectivity index (χ0) is 19.9. The number of carbonyl (C=O) groups is 3. The smallest absolute Gasteiger partial charge is 0.338 e. The molecule has 0 saturated heterocycles. The number of phenols is 1. The number of nitrogens with two attached hydrogens (primary N) is 1. The number of primary amides is 1. The molecular weight excluding hydrogens is 340 g/mol. The number of aromatic hydroxyl groups is 1. The minimum Gasteiger partial charge on any atom is -0.507 e. The van der Waals surface area contributed by atoms with Gasteiger partial charge in [0.2, 0.25) is 5.91 Å². The fourth-order valence-corrected chi connectivity index (χ4v) is 2.08. The number of amides is 1. The van der Waals surface area contributed by atoms with E-state index in [1.54, 1.807) is 20.8 Å². The summed E-state index contributed by atoms with van der Waals surface area (Å²) in [5.74, 6) is -2.07. The van der Waals surface area contributed by atoms with E-state index in [2.05, 4.69) is 9.73 Å². The van der Waals surface area contributed by atoms with E-state index >= 15 is 0 Å². The number of phenolic OH excluding ortho intramolecular Hbond substituents is 1. The number of methoxy groups -OCH3 is 1. The molecule has 1 aromatic carbocycles. The highest BCUT2D eigenvalue weighted by Gasteiger charge is 2.21. The van der Waals surface area contributed by atoms with E-state index in [1.165, 1.54) is 31.5 Å². The van der Waals surface area contributed by atoms with Crippen molar-refractivity contribution < 1.29 is 29.0 Å². The molecule has 0 aliphatic carbocycles. The van der Waals surface area contributed by atoms with Gasteiger partial charge < -0.3 is 20.3 Å². The lowest BCUT2D eigenvalue weighted by Gasteiger charge is -2.19. The first-order chi connectivity index (χ1) is 12.0. The lowest BCUT2D eigenvalue weighted by Crippen LogP contribution is -2.29. The molecule has 0 unspecified atom stereocenters. The average Bonchev–Trinajstić information content (AvgIpc) is 2.53. The molecule has 0 bridgehead atoms. The fraction of sp³-hybridized carbons (Fsp3) is 0.444. The predicted molar refractivity (Wildman–Crippen MR) is 95.1 cm³/mol. The molecule has 1 atom stereocenters. The van der Waals surface area contributed by atoms with Crippen LogP contribution in [0, 0.1) is 0 Å². The maximum Gasteiger partial charge on any atom is 0.338 e. The number of hydrogen-bond donors (Lipinski definition) is 2. The summed E-state index contributed by atoms with van der Waals surface area (Å²) >= 11 is 0. The molecule has 0 radical (unpaired) electrons. The third-order valence-corrected chi connectivity index (χ3v) is 3.24. The van der Waals surface area contributed by atoms with Crippen molar-refractivity contribution >= 4 is 24.1 Å². The van der Waals surface area contributed by atoms with Gasteiger partial charge in [0.25, 0.3) is 0 Å². The Morgan fingerprint density at radius 1 is 1.31 bits per heavy atom. The Bertz CT molecular complexity index is 706. The van der Waals surface area contributed by atoms with Gasteiger partial charge in [0.15, 0.2) is 0 Å². The Morgan fingerprint density at radius 3 is 2.50 bits per heavy atom. The van der Waals surface area contributed by atoms with Crippen molar-refractivity contribution in [2.24, 2.45) is 10.7 Å². The van der Waals surface area contributed by atoms with Gasteiger partial charge in [-0.2, -0.15) is 0 Å². The highest BCUT2D eigenvalue weighted by molar-refractivity contribution is 6.01. The third-order valence-electron chi connectivity index (χ3n) is 3.24. The molecule has 142 valence electrons. The van der Waals surface area contributed by atoms with Crippen molar-refractivity contribution in [1.82, 2.24) is 0 Å². The van der Waals surface area contributed by atoms with Crippen LogP contribution in [0.5, 0.6) is 5.75 Å². The van der Waals surface area contributed by atoms with Crippen molar-refractivity contribution in [3.05, 3.63) is 29.3 Å². The van der Waals surface area contributed by atoms with Gasteiger partial charge in [-0.25, -0.2) is 4.79 Å². The van der Waals surface area contributed by atoms with Crippen LogP contribution < -0.4 is 5.73 Å². The first-order valence-electron chi connectivity index (χ1n) is 7.99. The number of nitrogens with zero attached hydrogens (tertiary/aromatic N) is 1. The first kappa shape index (κ1) is 21.1. The molecule has 0 aliphatic heterocycles. The predicted octanol–water partition coefficient (Wildman–Crippen LogP) is 1.57. The van der Waals surface area contributed by atoms with Gasteiger partial charge in [-0.15, -0.1) is 0 Å². The number of esters is 2. The Balaban J connectivity index is 2.93. The number of benzene rings is 1. The number of carbonyl (C=O) groups excluding carboxylic acids is 3. The van der Waals surface area contributed by atoms with E-state index in [0.717, 1.165) is 0 Å². The van der Waals surface area contributed by atoms with Gasteiger partial charge in [0, 0.05) is 18.2 Å². The van der Waals surface area contributed by atoms with Crippen LogP contribution in [0.4, 0.5) is 0 Å². The van der Waals surface area contributed by atoms with Crippen LogP contribution in [-0.2, 0) is 19.1 Å². The van der Waals surface area contributed by atoms with Crippen LogP contribution in [0.25, 0.3) is 0 Å². The maximum atomic E-state index is 11.8. The van der Waals surface area contributed by atoms with Gasteiger partial charge in [0.1, 0.15) is 17.4 Å². The van der Waals surface area contributed by atoms with Crippen molar-refractivity contribution in [2.75, 3.05) is 7.11 Å². The summed E-state index contributed by atoms with van der Waals surface area (Å²) in [5, 5.41) is 9.94. The molecule has 26 heavy (non-hydrogen) atoms. The van der Waals surface area contributed by atoms with Crippen LogP contribution in [0.15, 0.2) is 23.2 Å². The third kappa shape index (κ3) is 6.54. The van der Waals surface area contributed by atoms with E-state index in [0.29, 0.717) is 0 Å². The minimum absolute atomic E-state index is 0.0436. The quantitative estimate of drug-likeness (QED) is 0.558. The minimum atomic E-state index is -1.01. The van der Waals surface area contributed by atoms with Gasteiger partial charge in [-0.3, -0.25) is 14.6 Å². The maximum absolute atomic E-state index is 11.8. The van der Waals surface area contributed by atoms with Crippen molar-refractivity contribution in [3.63, 3.8) is 0 Å². The molecule has 8 heteroatoms. The van der Waals surface area contributed by atoms with E-state index in [-0.39, 0.29) is 29.7 Å². The monoisotopic (exact) mass is 364 g/mol. The second-order valence-corrected chi connectivity index (χ2v) is 6.55. The summed E-state index contributed by atoms with van der Waals surface area (Å²) in [7, 11) is 1.21. The molecule has 0 aromatic heterocycles. The summed E-state index contributed by atoms with van der Waals surface area (Å²) in [5.41, 5.74) is 4.88. The molecule has 0 fully saturated rings. The fourth-order valence-electron chi connectivity index (χ4n) is 2.08. The van der Waals surface area contributed by atoms with Crippen molar-refractivity contribution in [2.45, 2.75) is 45.3 Å². The van der Waals surface area contributed by atoms with Crippen LogP contribution in [0.1, 0.15) is 49.5 Å². The van der Waals surface area contributed by atoms with Crippen LogP contribution >= 0.6 is 0 Å². The SMILES string of the molecule is COC(=O)c1cccc(O)c1C=N[C@@H](CCC(=O)OC(C)(C)C)C(N)=O. The molecular formula is C18H24N2O6. The standard InChI is InChI=1S/C18H24N2O6/c1-18(2,3)26-15(22)9-8-13(16(19)23)20-10-12-11(17(24)25-4)6-5-7-14(12)21/h5-7,10,13,21H,8-9H2,1-4H3,(H2,19,23)/t13-/m0/s1. The first-order valence-corrected chi connectivity index (χ1v) is 7.99. The van der Waals surface area contributed by atoms with E-state index in [9.17, 15) is 19.5 Å². The van der Waals surface area contributed by atoms with E-state index < -0.39 is 29.5 Å². The Hall–Kier alpha value is -2.90. The topological polar surface area (TPSA) is 128 Å². The van der Waals surface area contributed by atoms with Crippen molar-refractivity contribution in [1.29, 1.82) is 0 Å². The number of rotatable bonds is 7. The largest absolute Gasteiger partial charge is 0.507 e. The van der Waals surface area contributed by atoms with Crippen LogP contribution in [0.3, 0.4) is 0 Å². The van der Waals surface area contributed by atoms with Crippen LogP contribution in [0.2, 0.25) is 0 Å². The van der Waals surface area contributed by atoms with Gasteiger partial charge in [-0.05, 0) is 39.3 Å². The number of aliphatic imine (C=N–C) groups is 1. The van der Waals surface area contributed by atoms with Gasteiger partial charge in [-0.1, -0.05) is 6.07 Å². The second-order valence-electron chi connectivity index (χ2n) is 6.55. The molecule has 8 nitrogen and oxygen atoms in total. The summed E-state index contributed by atoms with van der Waals surface area (Å²) in [6.45, 7) is 5.21. The molecule has 1 amide bonds. The molecule has 1 aromatic rings. The molecule has 0 spiro atoms. The molecule has 0 aliphatic rings. The highest BCUT2D eigenvalue weighted by Crippen LogP contribution is 2.20. The van der Waals surface area contributed by atoms with Gasteiger partial charge in [0.05, 0.1) is 12.7 Å². The Kier molecular flexibility index (Phi) is 7.30. The van der Waals surface area contributed by atoms with Gasteiger partial charge >= 0.3 is 11.9 Å². The summed E-state index contributed by atoms with van der Waals surface area (Å²) in [4.78, 5) is 39.1. The normalized spacial score (nSPS) is 12.6. The summed E-state index contributed by atoms with van der Waals surface area (Å²) < 4.78 is 9.82. The summed E-state index contributed by atoms with van der Waals surface area (Å²) in [6.07, 6.45) is 1.17. The zero-order valence-corrected chi connectivity index (χ0v) is 15.3.